The fourth-order valence-electron chi connectivity index (χ4n) is 7.68. The first-order valence-corrected chi connectivity index (χ1v) is 20.4. The van der Waals surface area contributed by atoms with Crippen LogP contribution in [0.15, 0.2) is 200 Å². The van der Waals surface area contributed by atoms with Gasteiger partial charge >= 0.3 is 0 Å². The third-order valence-electron chi connectivity index (χ3n) is 10.8. The lowest BCUT2D eigenvalue weighted by Gasteiger charge is -2.11. The number of benzene rings is 8. The van der Waals surface area contributed by atoms with Crippen LogP contribution in [-0.2, 0) is 0 Å². The van der Waals surface area contributed by atoms with Crippen LogP contribution < -0.4 is 0 Å². The SMILES string of the molecule is c1ccc(-c2ccc(-c3nc(-c4ccccc4)nc(-c4ccc(-c5cccc(-c6cccc(-c7ccc8c(c7)sc7nc9ccccc9nc78)c6)c5)cc4)n3)cc2)cc1. The highest BCUT2D eigenvalue weighted by Gasteiger charge is 2.14. The fraction of sp³-hybridized carbons (Fsp3) is 0. The largest absolute Gasteiger partial charge is 0.243 e. The summed E-state index contributed by atoms with van der Waals surface area (Å²) in [7, 11) is 0. The van der Waals surface area contributed by atoms with Crippen molar-refractivity contribution in [2.45, 2.75) is 0 Å². The molecule has 0 aliphatic rings. The normalized spacial score (nSPS) is 11.4. The van der Waals surface area contributed by atoms with Crippen molar-refractivity contribution in [3.8, 4) is 78.7 Å². The highest BCUT2D eigenvalue weighted by molar-refractivity contribution is 7.25. The van der Waals surface area contributed by atoms with Crippen molar-refractivity contribution in [3.05, 3.63) is 200 Å². The molecule has 0 fully saturated rings. The van der Waals surface area contributed by atoms with E-state index in [-0.39, 0.29) is 0 Å². The molecule has 11 aromatic rings. The van der Waals surface area contributed by atoms with Crippen LogP contribution in [0.25, 0.3) is 110 Å². The van der Waals surface area contributed by atoms with Crippen LogP contribution in [0.1, 0.15) is 0 Å². The molecule has 0 bridgehead atoms. The first-order chi connectivity index (χ1) is 29.2. The van der Waals surface area contributed by atoms with Crippen LogP contribution in [0.5, 0.6) is 0 Å². The van der Waals surface area contributed by atoms with Crippen molar-refractivity contribution >= 4 is 42.8 Å². The smallest absolute Gasteiger partial charge is 0.164 e. The molecule has 0 amide bonds. The Labute approximate surface area is 345 Å². The summed E-state index contributed by atoms with van der Waals surface area (Å²) in [5, 5.41) is 1.14. The Bertz CT molecular complexity index is 3310. The second-order valence-electron chi connectivity index (χ2n) is 14.5. The molecule has 0 saturated heterocycles. The maximum atomic E-state index is 5.00. The van der Waals surface area contributed by atoms with E-state index in [0.717, 1.165) is 71.3 Å². The van der Waals surface area contributed by atoms with Crippen LogP contribution in [0.4, 0.5) is 0 Å². The van der Waals surface area contributed by atoms with E-state index in [4.69, 9.17) is 24.9 Å². The lowest BCUT2D eigenvalue weighted by Crippen LogP contribution is -2.00. The van der Waals surface area contributed by atoms with Gasteiger partial charge in [0.2, 0.25) is 0 Å². The minimum Gasteiger partial charge on any atom is -0.243 e. The van der Waals surface area contributed by atoms with Gasteiger partial charge in [0.25, 0.3) is 0 Å². The van der Waals surface area contributed by atoms with Crippen molar-refractivity contribution in [2.75, 3.05) is 0 Å². The molecule has 0 atom stereocenters. The predicted molar refractivity (Wildman–Crippen MR) is 244 cm³/mol. The summed E-state index contributed by atoms with van der Waals surface area (Å²) in [5.74, 6) is 1.91. The molecular formula is C53H33N5S. The van der Waals surface area contributed by atoms with E-state index < -0.39 is 0 Å². The van der Waals surface area contributed by atoms with Crippen molar-refractivity contribution < 1.29 is 0 Å². The van der Waals surface area contributed by atoms with Gasteiger partial charge in [-0.3, -0.25) is 0 Å². The Morgan fingerprint density at radius 2 is 0.644 bits per heavy atom. The summed E-state index contributed by atoms with van der Waals surface area (Å²) in [5.41, 5.74) is 14.8. The van der Waals surface area contributed by atoms with Crippen molar-refractivity contribution in [1.82, 2.24) is 24.9 Å². The van der Waals surface area contributed by atoms with Crippen LogP contribution in [0.3, 0.4) is 0 Å². The van der Waals surface area contributed by atoms with Gasteiger partial charge in [0.05, 0.1) is 11.0 Å². The van der Waals surface area contributed by atoms with E-state index in [0.29, 0.717) is 17.5 Å². The quantitative estimate of drug-likeness (QED) is 0.161. The van der Waals surface area contributed by atoms with E-state index >= 15 is 0 Å². The average Bonchev–Trinajstić information content (AvgIpc) is 3.68. The first-order valence-electron chi connectivity index (χ1n) is 19.6. The van der Waals surface area contributed by atoms with Gasteiger partial charge in [-0.25, -0.2) is 24.9 Å². The summed E-state index contributed by atoms with van der Waals surface area (Å²) < 4.78 is 1.19. The number of rotatable bonds is 7. The second kappa shape index (κ2) is 14.7. The monoisotopic (exact) mass is 771 g/mol. The molecule has 0 aliphatic carbocycles. The lowest BCUT2D eigenvalue weighted by molar-refractivity contribution is 1.07. The highest BCUT2D eigenvalue weighted by Crippen LogP contribution is 2.37. The number of fused-ring (bicyclic) bond motifs is 4. The molecule has 0 aliphatic heterocycles. The van der Waals surface area contributed by atoms with Gasteiger partial charge in [-0.1, -0.05) is 170 Å². The molecule has 276 valence electrons. The van der Waals surface area contributed by atoms with Crippen LogP contribution in [0.2, 0.25) is 0 Å². The number of nitrogens with zero attached hydrogens (tertiary/aromatic N) is 5. The third kappa shape index (κ3) is 6.71. The van der Waals surface area contributed by atoms with Gasteiger partial charge in [0.15, 0.2) is 17.5 Å². The molecule has 5 nitrogen and oxygen atoms in total. The van der Waals surface area contributed by atoms with E-state index in [2.05, 4.69) is 140 Å². The van der Waals surface area contributed by atoms with Crippen LogP contribution >= 0.6 is 11.3 Å². The maximum absolute atomic E-state index is 5.00. The van der Waals surface area contributed by atoms with Gasteiger partial charge < -0.3 is 0 Å². The van der Waals surface area contributed by atoms with Crippen molar-refractivity contribution in [3.63, 3.8) is 0 Å². The molecule has 11 rings (SSSR count). The number of hydrogen-bond donors (Lipinski definition) is 0. The van der Waals surface area contributed by atoms with E-state index in [9.17, 15) is 0 Å². The Morgan fingerprint density at radius 3 is 1.20 bits per heavy atom. The summed E-state index contributed by atoms with van der Waals surface area (Å²) in [6.07, 6.45) is 0. The Kier molecular flexibility index (Phi) is 8.60. The van der Waals surface area contributed by atoms with Gasteiger partial charge in [-0.2, -0.15) is 0 Å². The third-order valence-corrected chi connectivity index (χ3v) is 11.8. The van der Waals surface area contributed by atoms with E-state index in [1.54, 1.807) is 11.3 Å². The molecule has 6 heteroatoms. The lowest BCUT2D eigenvalue weighted by atomic mass is 9.96. The molecule has 3 heterocycles. The molecule has 59 heavy (non-hydrogen) atoms. The highest BCUT2D eigenvalue weighted by atomic mass is 32.1. The minimum atomic E-state index is 0.632. The molecule has 0 unspecified atom stereocenters. The predicted octanol–water partition coefficient (Wildman–Crippen LogP) is 13.9. The molecule has 0 N–H and O–H groups in total. The molecular weight excluding hydrogens is 739 g/mol. The topological polar surface area (TPSA) is 64.5 Å². The number of para-hydroxylation sites is 2. The zero-order chi connectivity index (χ0) is 39.1. The van der Waals surface area contributed by atoms with Gasteiger partial charge in [-0.05, 0) is 74.8 Å². The minimum absolute atomic E-state index is 0.632. The molecule has 0 saturated carbocycles. The van der Waals surface area contributed by atoms with Crippen LogP contribution in [0, 0.1) is 0 Å². The summed E-state index contributed by atoms with van der Waals surface area (Å²) in [6, 6.07) is 69.6. The number of hydrogen-bond acceptors (Lipinski definition) is 6. The van der Waals surface area contributed by atoms with Gasteiger partial charge in [0, 0.05) is 26.8 Å². The number of aromatic nitrogens is 5. The van der Waals surface area contributed by atoms with Crippen molar-refractivity contribution in [2.24, 2.45) is 0 Å². The molecule has 0 spiro atoms. The Morgan fingerprint density at radius 1 is 0.271 bits per heavy atom. The summed E-state index contributed by atoms with van der Waals surface area (Å²) in [4.78, 5) is 25.7. The Hall–Kier alpha value is -7.67. The van der Waals surface area contributed by atoms with Gasteiger partial charge in [-0.15, -0.1) is 11.3 Å². The average molecular weight is 772 g/mol. The molecule has 3 aromatic heterocycles. The summed E-state index contributed by atoms with van der Waals surface area (Å²) >= 11 is 1.70. The number of thiophene rings is 1. The molecule has 0 radical (unpaired) electrons. The molecule has 8 aromatic carbocycles. The second-order valence-corrected chi connectivity index (χ2v) is 15.6. The summed E-state index contributed by atoms with van der Waals surface area (Å²) in [6.45, 7) is 0. The standard InChI is InChI=1S/C53H33N5S/c1-3-11-34(12-4-1)35-21-25-38(26-22-35)51-56-50(37-13-5-2-6-14-37)57-52(58-51)39-27-23-36(24-28-39)40-15-9-16-41(31-40)42-17-10-18-43(32-42)44-29-30-45-48(33-44)59-53-49(45)54-46-19-7-8-20-47(46)55-53/h1-33H. The van der Waals surface area contributed by atoms with Crippen molar-refractivity contribution in [1.29, 1.82) is 0 Å². The first kappa shape index (κ1) is 34.6. The van der Waals surface area contributed by atoms with Crippen LogP contribution in [-0.4, -0.2) is 24.9 Å². The van der Waals surface area contributed by atoms with E-state index in [1.807, 2.05) is 60.7 Å². The maximum Gasteiger partial charge on any atom is 0.164 e. The fourth-order valence-corrected chi connectivity index (χ4v) is 8.74. The zero-order valence-electron chi connectivity index (χ0n) is 31.7. The zero-order valence-corrected chi connectivity index (χ0v) is 32.5. The van der Waals surface area contributed by atoms with Gasteiger partial charge in [0.1, 0.15) is 10.3 Å². The Balaban J connectivity index is 0.889. The van der Waals surface area contributed by atoms with E-state index in [1.165, 1.54) is 21.4 Å².